The summed E-state index contributed by atoms with van der Waals surface area (Å²) in [6, 6.07) is 4.62. The Morgan fingerprint density at radius 1 is 1.06 bits per heavy atom. The van der Waals surface area contributed by atoms with Crippen LogP contribution in [-0.4, -0.2) is 52.6 Å². The minimum atomic E-state index is -4.61. The molecule has 4 rings (SSSR count). The van der Waals surface area contributed by atoms with Gasteiger partial charge in [0.2, 0.25) is 0 Å². The quantitative estimate of drug-likeness (QED) is 0.622. The first-order chi connectivity index (χ1) is 14.9. The van der Waals surface area contributed by atoms with E-state index in [2.05, 4.69) is 0 Å². The van der Waals surface area contributed by atoms with Crippen molar-refractivity contribution in [1.29, 1.82) is 0 Å². The van der Waals surface area contributed by atoms with Gasteiger partial charge < -0.3 is 14.5 Å². The lowest BCUT2D eigenvalue weighted by Gasteiger charge is -2.39. The molecule has 8 heteroatoms. The summed E-state index contributed by atoms with van der Waals surface area (Å²) >= 11 is 0. The predicted molar refractivity (Wildman–Crippen MR) is 113 cm³/mol. The number of alkyl halides is 3. The van der Waals surface area contributed by atoms with Crippen LogP contribution in [0.2, 0.25) is 0 Å². The van der Waals surface area contributed by atoms with Gasteiger partial charge in [0.15, 0.2) is 0 Å². The molecule has 2 bridgehead atoms. The Morgan fingerprint density at radius 2 is 1.78 bits per heavy atom. The second-order valence-electron chi connectivity index (χ2n) is 10.4. The molecule has 1 saturated heterocycles. The first-order valence-corrected chi connectivity index (χ1v) is 11.4. The number of likely N-dealkylation sites (tertiary alicyclic amines) is 1. The summed E-state index contributed by atoms with van der Waals surface area (Å²) < 4.78 is 46.5. The van der Waals surface area contributed by atoms with E-state index in [0.717, 1.165) is 31.7 Å². The summed E-state index contributed by atoms with van der Waals surface area (Å²) in [6.07, 6.45) is -0.543. The van der Waals surface area contributed by atoms with Crippen LogP contribution in [0.25, 0.3) is 0 Å². The predicted octanol–water partition coefficient (Wildman–Crippen LogP) is 5.35. The number of halogens is 3. The molecular weight excluding hydrogens is 421 g/mol. The van der Waals surface area contributed by atoms with Crippen LogP contribution in [0.3, 0.4) is 0 Å². The average Bonchev–Trinajstić information content (AvgIpc) is 3.43. The Bertz CT molecular complexity index is 880. The molecule has 176 valence electrons. The molecule has 0 aromatic heterocycles. The maximum absolute atomic E-state index is 13.7. The Kier molecular flexibility index (Phi) is 5.92. The number of hydrogen-bond donors (Lipinski definition) is 0. The largest absolute Gasteiger partial charge is 0.444 e. The SMILES string of the molecule is CC(C)(C)OC(=O)N1CC[C@H](N(C(=O)c2ccccc2C(F)(F)F)C2CC3CCC2C3)C1. The number of amides is 2. The molecule has 2 saturated carbocycles. The van der Waals surface area contributed by atoms with Crippen LogP contribution < -0.4 is 0 Å². The van der Waals surface area contributed by atoms with Crippen LogP contribution in [0.15, 0.2) is 24.3 Å². The highest BCUT2D eigenvalue weighted by molar-refractivity contribution is 5.96. The van der Waals surface area contributed by atoms with Gasteiger partial charge in [0.1, 0.15) is 5.60 Å². The fraction of sp³-hybridized carbons (Fsp3) is 0.667. The minimum absolute atomic E-state index is 0.0777. The van der Waals surface area contributed by atoms with Crippen LogP contribution in [0, 0.1) is 11.8 Å². The lowest BCUT2D eigenvalue weighted by molar-refractivity contribution is -0.138. The number of benzene rings is 1. The second-order valence-corrected chi connectivity index (χ2v) is 10.4. The molecule has 32 heavy (non-hydrogen) atoms. The molecule has 1 heterocycles. The van der Waals surface area contributed by atoms with Crippen LogP contribution in [0.1, 0.15) is 68.8 Å². The molecule has 3 unspecified atom stereocenters. The molecule has 4 atom stereocenters. The van der Waals surface area contributed by atoms with Crippen molar-refractivity contribution in [3.05, 3.63) is 35.4 Å². The topological polar surface area (TPSA) is 49.9 Å². The summed E-state index contributed by atoms with van der Waals surface area (Å²) in [7, 11) is 0. The van der Waals surface area contributed by atoms with Gasteiger partial charge in [0.25, 0.3) is 5.91 Å². The number of hydrogen-bond acceptors (Lipinski definition) is 3. The fourth-order valence-electron chi connectivity index (χ4n) is 5.66. The smallest absolute Gasteiger partial charge is 0.417 e. The van der Waals surface area contributed by atoms with E-state index in [9.17, 15) is 22.8 Å². The Balaban J connectivity index is 1.62. The van der Waals surface area contributed by atoms with Crippen molar-refractivity contribution >= 4 is 12.0 Å². The molecular formula is C24H31F3N2O3. The monoisotopic (exact) mass is 452 g/mol. The van der Waals surface area contributed by atoms with Gasteiger partial charge in [0.05, 0.1) is 17.2 Å². The number of carbonyl (C=O) groups is 2. The van der Waals surface area contributed by atoms with Crippen LogP contribution in [0.4, 0.5) is 18.0 Å². The van der Waals surface area contributed by atoms with Crippen molar-refractivity contribution < 1.29 is 27.5 Å². The zero-order valence-electron chi connectivity index (χ0n) is 18.8. The Hall–Kier alpha value is -2.25. The third-order valence-corrected chi connectivity index (χ3v) is 6.96. The summed E-state index contributed by atoms with van der Waals surface area (Å²) in [5, 5.41) is 0. The molecule has 3 aliphatic rings. The van der Waals surface area contributed by atoms with Crippen molar-refractivity contribution in [2.45, 2.75) is 76.7 Å². The molecule has 1 aromatic carbocycles. The van der Waals surface area contributed by atoms with Crippen LogP contribution in [-0.2, 0) is 10.9 Å². The third kappa shape index (κ3) is 4.59. The highest BCUT2D eigenvalue weighted by Crippen LogP contribution is 2.48. The van der Waals surface area contributed by atoms with Crippen LogP contribution >= 0.6 is 0 Å². The Morgan fingerprint density at radius 3 is 2.38 bits per heavy atom. The first-order valence-electron chi connectivity index (χ1n) is 11.4. The van der Waals surface area contributed by atoms with Gasteiger partial charge in [-0.3, -0.25) is 4.79 Å². The normalized spacial score (nSPS) is 27.6. The van der Waals surface area contributed by atoms with E-state index < -0.39 is 29.3 Å². The van der Waals surface area contributed by atoms with Crippen molar-refractivity contribution in [2.24, 2.45) is 11.8 Å². The van der Waals surface area contributed by atoms with Gasteiger partial charge in [-0.15, -0.1) is 0 Å². The summed E-state index contributed by atoms with van der Waals surface area (Å²) in [5.74, 6) is 0.269. The van der Waals surface area contributed by atoms with Crippen LogP contribution in [0.5, 0.6) is 0 Å². The van der Waals surface area contributed by atoms with Crippen molar-refractivity contribution in [3.63, 3.8) is 0 Å². The van der Waals surface area contributed by atoms with Crippen molar-refractivity contribution in [1.82, 2.24) is 9.80 Å². The highest BCUT2D eigenvalue weighted by Gasteiger charge is 2.48. The molecule has 1 aromatic rings. The standard InChI is InChI=1S/C24H31F3N2O3/c1-23(2,3)32-22(31)28-11-10-17(14-28)29(20-13-15-8-9-16(20)12-15)21(30)18-6-4-5-7-19(18)24(25,26)27/h4-7,15-17,20H,8-14H2,1-3H3/t15?,16?,17-,20?/m0/s1. The summed E-state index contributed by atoms with van der Waals surface area (Å²) in [4.78, 5) is 29.5. The van der Waals surface area contributed by atoms with E-state index >= 15 is 0 Å². The van der Waals surface area contributed by atoms with Crippen molar-refractivity contribution in [3.8, 4) is 0 Å². The molecule has 5 nitrogen and oxygen atoms in total. The molecule has 1 aliphatic heterocycles. The minimum Gasteiger partial charge on any atom is -0.444 e. The summed E-state index contributed by atoms with van der Waals surface area (Å²) in [6.45, 7) is 6.07. The molecule has 0 N–H and O–H groups in total. The lowest BCUT2D eigenvalue weighted by atomic mass is 9.91. The zero-order chi connectivity index (χ0) is 23.3. The number of nitrogens with zero attached hydrogens (tertiary/aromatic N) is 2. The van der Waals surface area contributed by atoms with E-state index in [1.54, 1.807) is 30.6 Å². The van der Waals surface area contributed by atoms with Gasteiger partial charge in [0, 0.05) is 19.1 Å². The lowest BCUT2D eigenvalue weighted by Crippen LogP contribution is -2.51. The van der Waals surface area contributed by atoms with Gasteiger partial charge in [-0.2, -0.15) is 13.2 Å². The molecule has 0 radical (unpaired) electrons. The van der Waals surface area contributed by atoms with Gasteiger partial charge in [-0.05, 0) is 70.4 Å². The first kappa shape index (κ1) is 22.9. The number of carbonyl (C=O) groups excluding carboxylic acids is 2. The van der Waals surface area contributed by atoms with Gasteiger partial charge >= 0.3 is 12.3 Å². The number of fused-ring (bicyclic) bond motifs is 2. The molecule has 2 amide bonds. The van der Waals surface area contributed by atoms with Gasteiger partial charge in [-0.25, -0.2) is 4.79 Å². The van der Waals surface area contributed by atoms with E-state index in [1.165, 1.54) is 18.2 Å². The number of ether oxygens (including phenoxy) is 1. The van der Waals surface area contributed by atoms with E-state index in [-0.39, 0.29) is 24.2 Å². The third-order valence-electron chi connectivity index (χ3n) is 6.96. The maximum Gasteiger partial charge on any atom is 0.417 e. The maximum atomic E-state index is 13.7. The zero-order valence-corrected chi connectivity index (χ0v) is 18.8. The van der Waals surface area contributed by atoms with Crippen molar-refractivity contribution in [2.75, 3.05) is 13.1 Å². The van der Waals surface area contributed by atoms with Gasteiger partial charge in [-0.1, -0.05) is 18.6 Å². The Labute approximate surface area is 186 Å². The molecule has 3 fully saturated rings. The molecule has 0 spiro atoms. The average molecular weight is 453 g/mol. The van der Waals surface area contributed by atoms with E-state index in [0.29, 0.717) is 24.8 Å². The number of rotatable bonds is 3. The van der Waals surface area contributed by atoms with E-state index in [1.807, 2.05) is 0 Å². The van der Waals surface area contributed by atoms with E-state index in [4.69, 9.17) is 4.74 Å². The fourth-order valence-corrected chi connectivity index (χ4v) is 5.66. The highest BCUT2D eigenvalue weighted by atomic mass is 19.4. The summed E-state index contributed by atoms with van der Waals surface area (Å²) in [5.41, 5.74) is -1.85. The second kappa shape index (κ2) is 8.27. The molecule has 2 aliphatic carbocycles.